The highest BCUT2D eigenvalue weighted by molar-refractivity contribution is 6.15. The Hall–Kier alpha value is -4.64. The number of aromatic nitrogens is 1. The first-order chi connectivity index (χ1) is 19.7. The lowest BCUT2D eigenvalue weighted by atomic mass is 9.85. The minimum Gasteiger partial charge on any atom is -0.466 e. The minimum atomic E-state index is -0.553. The number of hydrogen-bond donors (Lipinski definition) is 4. The van der Waals surface area contributed by atoms with Crippen molar-refractivity contribution in [3.05, 3.63) is 77.8 Å². The van der Waals surface area contributed by atoms with Crippen molar-refractivity contribution in [3.63, 3.8) is 0 Å². The van der Waals surface area contributed by atoms with E-state index in [1.54, 1.807) is 26.1 Å². The van der Waals surface area contributed by atoms with Crippen molar-refractivity contribution in [3.8, 4) is 5.88 Å². The molecule has 1 saturated carbocycles. The third kappa shape index (κ3) is 7.73. The van der Waals surface area contributed by atoms with Gasteiger partial charge >= 0.3 is 5.97 Å². The Kier molecular flexibility index (Phi) is 9.75. The van der Waals surface area contributed by atoms with Crippen LogP contribution in [0.2, 0.25) is 0 Å². The zero-order chi connectivity index (χ0) is 29.4. The van der Waals surface area contributed by atoms with Crippen LogP contribution in [0.1, 0.15) is 59.5 Å². The average molecular weight is 561 g/mol. The van der Waals surface area contributed by atoms with E-state index in [1.807, 2.05) is 30.3 Å². The Labute approximate surface area is 238 Å². The second-order valence-corrected chi connectivity index (χ2v) is 10.2. The van der Waals surface area contributed by atoms with Gasteiger partial charge in [0, 0.05) is 30.6 Å². The van der Waals surface area contributed by atoms with E-state index in [0.29, 0.717) is 24.6 Å². The number of ether oxygens (including phenoxy) is 2. The maximum Gasteiger partial charge on any atom is 0.344 e. The van der Waals surface area contributed by atoms with Gasteiger partial charge in [0.1, 0.15) is 0 Å². The summed E-state index contributed by atoms with van der Waals surface area (Å²) < 4.78 is 10.6. The van der Waals surface area contributed by atoms with Crippen LogP contribution in [0.5, 0.6) is 5.88 Å². The molecule has 0 aliphatic heterocycles. The third-order valence-corrected chi connectivity index (χ3v) is 6.70. The number of benzene rings is 2. The molecule has 0 bridgehead atoms. The predicted molar refractivity (Wildman–Crippen MR) is 156 cm³/mol. The number of nitrogens with one attached hydrogen (secondary N) is 2. The van der Waals surface area contributed by atoms with Gasteiger partial charge < -0.3 is 30.8 Å². The van der Waals surface area contributed by atoms with Crippen molar-refractivity contribution in [1.29, 1.82) is 0 Å². The lowest BCUT2D eigenvalue weighted by Crippen LogP contribution is -2.33. The van der Waals surface area contributed by atoms with Crippen molar-refractivity contribution < 1.29 is 23.9 Å². The summed E-state index contributed by atoms with van der Waals surface area (Å²) >= 11 is 0. The Morgan fingerprint density at radius 3 is 2.51 bits per heavy atom. The molecule has 0 unspecified atom stereocenters. The molecule has 1 heterocycles. The largest absolute Gasteiger partial charge is 0.466 e. The average Bonchev–Trinajstić information content (AvgIpc) is 2.91. The standard InChI is InChI=1S/C30H36N6O5/c1-19(2)41-27(37)18-40-26-13-12-25(28(35-26)30(39)33-16-20-6-5-7-20)34-29(38)24-11-10-21(17-36(32)15-14-31)22-8-3-4-9-23(22)24/h3-4,8-15,19-20H,5-7,16-18,31-32H2,1-2H3,(H,33,39)(H,34,38)/b15-14-. The minimum absolute atomic E-state index is 0.0133. The number of pyridine rings is 1. The van der Waals surface area contributed by atoms with Crippen LogP contribution in [0.4, 0.5) is 5.69 Å². The molecule has 4 rings (SSSR count). The van der Waals surface area contributed by atoms with Gasteiger partial charge in [-0.05, 0) is 61.1 Å². The predicted octanol–water partition coefficient (Wildman–Crippen LogP) is 3.45. The van der Waals surface area contributed by atoms with E-state index >= 15 is 0 Å². The van der Waals surface area contributed by atoms with Crippen LogP contribution in [0.25, 0.3) is 10.8 Å². The number of fused-ring (bicyclic) bond motifs is 1. The van der Waals surface area contributed by atoms with Crippen LogP contribution in [0, 0.1) is 5.92 Å². The number of esters is 1. The Bertz CT molecular complexity index is 1440. The van der Waals surface area contributed by atoms with E-state index in [2.05, 4.69) is 15.6 Å². The van der Waals surface area contributed by atoms with Crippen LogP contribution in [-0.2, 0) is 16.1 Å². The summed E-state index contributed by atoms with van der Waals surface area (Å²) in [5.74, 6) is 5.06. The van der Waals surface area contributed by atoms with Crippen LogP contribution < -0.4 is 26.9 Å². The monoisotopic (exact) mass is 560 g/mol. The summed E-state index contributed by atoms with van der Waals surface area (Å²) in [7, 11) is 0. The number of nitrogens with two attached hydrogens (primary N) is 2. The highest BCUT2D eigenvalue weighted by Crippen LogP contribution is 2.27. The van der Waals surface area contributed by atoms with Gasteiger partial charge in [-0.15, -0.1) is 0 Å². The van der Waals surface area contributed by atoms with Gasteiger partial charge in [-0.1, -0.05) is 36.8 Å². The molecule has 11 heteroatoms. The zero-order valence-corrected chi connectivity index (χ0v) is 23.3. The van der Waals surface area contributed by atoms with E-state index in [9.17, 15) is 14.4 Å². The molecule has 0 atom stereocenters. The van der Waals surface area contributed by atoms with Crippen molar-refractivity contribution in [2.75, 3.05) is 18.5 Å². The highest BCUT2D eigenvalue weighted by Gasteiger charge is 2.22. The molecule has 11 nitrogen and oxygen atoms in total. The van der Waals surface area contributed by atoms with Crippen LogP contribution in [-0.4, -0.2) is 47.0 Å². The Morgan fingerprint density at radius 1 is 1.07 bits per heavy atom. The van der Waals surface area contributed by atoms with Gasteiger partial charge in [0.2, 0.25) is 5.88 Å². The summed E-state index contributed by atoms with van der Waals surface area (Å²) in [6.07, 6.45) is 5.89. The number of anilines is 1. The van der Waals surface area contributed by atoms with Crippen molar-refractivity contribution in [2.24, 2.45) is 17.5 Å². The fourth-order valence-electron chi connectivity index (χ4n) is 4.49. The van der Waals surface area contributed by atoms with E-state index < -0.39 is 17.8 Å². The van der Waals surface area contributed by atoms with Crippen LogP contribution in [0.15, 0.2) is 60.9 Å². The fourth-order valence-corrected chi connectivity index (χ4v) is 4.49. The molecule has 216 valence electrons. The van der Waals surface area contributed by atoms with Crippen LogP contribution >= 0.6 is 0 Å². The Morgan fingerprint density at radius 2 is 1.83 bits per heavy atom. The quantitative estimate of drug-likeness (QED) is 0.148. The summed E-state index contributed by atoms with van der Waals surface area (Å²) in [6, 6.07) is 14.1. The molecule has 41 heavy (non-hydrogen) atoms. The SMILES string of the molecule is CC(C)OC(=O)COc1ccc(NC(=O)c2ccc(CN(N)/C=C\N)c3ccccc23)c(C(=O)NCC2CCC2)n1. The van der Waals surface area contributed by atoms with Crippen molar-refractivity contribution >= 4 is 34.2 Å². The molecule has 0 saturated heterocycles. The molecule has 0 radical (unpaired) electrons. The Balaban J connectivity index is 1.58. The summed E-state index contributed by atoms with van der Waals surface area (Å²) in [5.41, 5.74) is 6.98. The molecule has 1 aliphatic carbocycles. The number of amides is 2. The smallest absolute Gasteiger partial charge is 0.344 e. The molecule has 1 aromatic heterocycles. The molecule has 2 amide bonds. The van der Waals surface area contributed by atoms with E-state index in [-0.39, 0.29) is 30.0 Å². The first-order valence-electron chi connectivity index (χ1n) is 13.6. The lowest BCUT2D eigenvalue weighted by molar-refractivity contribution is -0.149. The molecule has 6 N–H and O–H groups in total. The first kappa shape index (κ1) is 29.3. The molecule has 1 aliphatic rings. The van der Waals surface area contributed by atoms with Gasteiger partial charge in [0.25, 0.3) is 11.8 Å². The first-order valence-corrected chi connectivity index (χ1v) is 13.6. The van der Waals surface area contributed by atoms with E-state index in [4.69, 9.17) is 21.1 Å². The topological polar surface area (TPSA) is 162 Å². The second-order valence-electron chi connectivity index (χ2n) is 10.2. The fraction of sp³-hybridized carbons (Fsp3) is 0.333. The number of carbonyl (C=O) groups excluding carboxylic acids is 3. The second kappa shape index (κ2) is 13.6. The summed E-state index contributed by atoms with van der Waals surface area (Å²) in [6.45, 7) is 4.02. The number of rotatable bonds is 12. The molecule has 0 spiro atoms. The summed E-state index contributed by atoms with van der Waals surface area (Å²) in [5, 5.41) is 8.78. The third-order valence-electron chi connectivity index (χ3n) is 6.70. The van der Waals surface area contributed by atoms with Crippen molar-refractivity contribution in [2.45, 2.75) is 45.8 Å². The normalized spacial score (nSPS) is 13.2. The zero-order valence-electron chi connectivity index (χ0n) is 23.3. The van der Waals surface area contributed by atoms with Gasteiger partial charge in [-0.2, -0.15) is 0 Å². The highest BCUT2D eigenvalue weighted by atomic mass is 16.6. The van der Waals surface area contributed by atoms with Crippen LogP contribution in [0.3, 0.4) is 0 Å². The number of carbonyl (C=O) groups is 3. The molecular weight excluding hydrogens is 524 g/mol. The van der Waals surface area contributed by atoms with Gasteiger partial charge in [-0.3, -0.25) is 9.59 Å². The number of hydrazine groups is 1. The van der Waals surface area contributed by atoms with Crippen molar-refractivity contribution in [1.82, 2.24) is 15.3 Å². The van der Waals surface area contributed by atoms with Gasteiger partial charge in [0.05, 0.1) is 18.3 Å². The maximum absolute atomic E-state index is 13.5. The molecular formula is C30H36N6O5. The summed E-state index contributed by atoms with van der Waals surface area (Å²) in [4.78, 5) is 43.0. The van der Waals surface area contributed by atoms with E-state index in [1.165, 1.54) is 23.3 Å². The number of hydrogen-bond acceptors (Lipinski definition) is 9. The lowest BCUT2D eigenvalue weighted by Gasteiger charge is -2.25. The molecule has 1 fully saturated rings. The maximum atomic E-state index is 13.5. The van der Waals surface area contributed by atoms with Gasteiger partial charge in [0.15, 0.2) is 12.3 Å². The van der Waals surface area contributed by atoms with Gasteiger partial charge in [-0.25, -0.2) is 15.6 Å². The molecule has 2 aromatic carbocycles. The number of nitrogens with zero attached hydrogens (tertiary/aromatic N) is 2. The van der Waals surface area contributed by atoms with E-state index in [0.717, 1.165) is 35.6 Å². The molecule has 3 aromatic rings.